The molecule has 0 N–H and O–H groups in total. The highest BCUT2D eigenvalue weighted by atomic mass is 79.9. The molecule has 0 aromatic carbocycles. The van der Waals surface area contributed by atoms with Gasteiger partial charge in [0, 0.05) is 19.3 Å². The zero-order valence-electron chi connectivity index (χ0n) is 11.0. The Balaban J connectivity index is 2.13. The van der Waals surface area contributed by atoms with Crippen molar-refractivity contribution < 1.29 is 0 Å². The van der Waals surface area contributed by atoms with Crippen LogP contribution >= 0.6 is 15.9 Å². The maximum atomic E-state index is 4.52. The fourth-order valence-electron chi connectivity index (χ4n) is 2.36. The van der Waals surface area contributed by atoms with E-state index in [1.54, 1.807) is 0 Å². The van der Waals surface area contributed by atoms with E-state index in [0.717, 1.165) is 23.4 Å². The summed E-state index contributed by atoms with van der Waals surface area (Å²) in [5.41, 5.74) is 1.80. The molecule has 2 rings (SSSR count). The van der Waals surface area contributed by atoms with Crippen LogP contribution in [0.25, 0.3) is 0 Å². The summed E-state index contributed by atoms with van der Waals surface area (Å²) in [5, 5.41) is 0. The van der Waals surface area contributed by atoms with E-state index in [0.29, 0.717) is 5.41 Å². The Kier molecular flexibility index (Phi) is 3.76. The van der Waals surface area contributed by atoms with Crippen LogP contribution in [0, 0.1) is 12.3 Å². The van der Waals surface area contributed by atoms with Crippen molar-refractivity contribution in [2.75, 3.05) is 18.0 Å². The Morgan fingerprint density at radius 1 is 1.41 bits per heavy atom. The number of pyridine rings is 1. The Morgan fingerprint density at radius 3 is 2.65 bits per heavy atom. The van der Waals surface area contributed by atoms with Crippen molar-refractivity contribution in [1.82, 2.24) is 4.98 Å². The summed E-state index contributed by atoms with van der Waals surface area (Å²) >= 11 is 3.66. The zero-order valence-corrected chi connectivity index (χ0v) is 12.5. The molecule has 1 aliphatic heterocycles. The molecule has 0 bridgehead atoms. The minimum atomic E-state index is 0.535. The third-order valence-electron chi connectivity index (χ3n) is 4.19. The molecule has 3 heteroatoms. The number of anilines is 1. The third kappa shape index (κ3) is 2.65. The maximum absolute atomic E-state index is 4.52. The molecule has 0 radical (unpaired) electrons. The van der Waals surface area contributed by atoms with Crippen molar-refractivity contribution >= 4 is 21.7 Å². The second-order valence-electron chi connectivity index (χ2n) is 5.42. The molecule has 1 saturated heterocycles. The number of rotatable bonds is 2. The first kappa shape index (κ1) is 12.9. The fraction of sp³-hybridized carbons (Fsp3) is 0.643. The summed E-state index contributed by atoms with van der Waals surface area (Å²) in [7, 11) is 0. The van der Waals surface area contributed by atoms with E-state index in [2.05, 4.69) is 46.6 Å². The van der Waals surface area contributed by atoms with Gasteiger partial charge < -0.3 is 4.90 Å². The molecule has 2 nitrogen and oxygen atoms in total. The first-order valence-corrected chi connectivity index (χ1v) is 7.21. The van der Waals surface area contributed by atoms with Crippen molar-refractivity contribution in [3.05, 3.63) is 22.3 Å². The number of aryl methyl sites for hydroxylation is 1. The lowest BCUT2D eigenvalue weighted by molar-refractivity contribution is 0.237. The molecule has 0 unspecified atom stereocenters. The van der Waals surface area contributed by atoms with Crippen LogP contribution in [0.4, 0.5) is 5.82 Å². The van der Waals surface area contributed by atoms with Crippen LogP contribution in [0.5, 0.6) is 0 Å². The van der Waals surface area contributed by atoms with Crippen molar-refractivity contribution in [1.29, 1.82) is 0 Å². The van der Waals surface area contributed by atoms with Gasteiger partial charge in [-0.1, -0.05) is 20.3 Å². The van der Waals surface area contributed by atoms with Gasteiger partial charge in [0.15, 0.2) is 0 Å². The van der Waals surface area contributed by atoms with Crippen LogP contribution in [0.1, 0.15) is 38.7 Å². The van der Waals surface area contributed by atoms with Gasteiger partial charge in [-0.2, -0.15) is 0 Å². The SMILES string of the molecule is CCC1(C)CCN(c2nccc(C)c2Br)CC1. The number of hydrogen-bond acceptors (Lipinski definition) is 2. The molecule has 1 aliphatic rings. The van der Waals surface area contributed by atoms with E-state index in [1.807, 2.05) is 12.3 Å². The van der Waals surface area contributed by atoms with E-state index in [1.165, 1.54) is 24.8 Å². The predicted octanol–water partition coefficient (Wildman–Crippen LogP) is 4.17. The average molecular weight is 297 g/mol. The second-order valence-corrected chi connectivity index (χ2v) is 6.21. The Hall–Kier alpha value is -0.570. The Bertz CT molecular complexity index is 395. The average Bonchev–Trinajstić information content (AvgIpc) is 2.34. The van der Waals surface area contributed by atoms with Crippen LogP contribution in [-0.2, 0) is 0 Å². The van der Waals surface area contributed by atoms with E-state index in [-0.39, 0.29) is 0 Å². The number of hydrogen-bond donors (Lipinski definition) is 0. The van der Waals surface area contributed by atoms with Crippen molar-refractivity contribution in [3.8, 4) is 0 Å². The normalized spacial score (nSPS) is 19.4. The molecule has 0 spiro atoms. The van der Waals surface area contributed by atoms with E-state index in [9.17, 15) is 0 Å². The standard InChI is InChI=1S/C14H21BrN2/c1-4-14(3)6-9-17(10-7-14)13-12(15)11(2)5-8-16-13/h5,8H,4,6-7,9-10H2,1-3H3. The second kappa shape index (κ2) is 4.97. The molecule has 1 aromatic rings. The van der Waals surface area contributed by atoms with Crippen molar-refractivity contribution in [2.45, 2.75) is 40.0 Å². The van der Waals surface area contributed by atoms with Gasteiger partial charge in [-0.25, -0.2) is 4.98 Å². The monoisotopic (exact) mass is 296 g/mol. The van der Waals surface area contributed by atoms with Gasteiger partial charge in [-0.05, 0) is 52.7 Å². The summed E-state index contributed by atoms with van der Waals surface area (Å²) in [6, 6.07) is 2.05. The predicted molar refractivity (Wildman–Crippen MR) is 76.5 cm³/mol. The first-order valence-electron chi connectivity index (χ1n) is 6.42. The van der Waals surface area contributed by atoms with Crippen LogP contribution in [0.15, 0.2) is 16.7 Å². The van der Waals surface area contributed by atoms with Gasteiger partial charge >= 0.3 is 0 Å². The van der Waals surface area contributed by atoms with E-state index in [4.69, 9.17) is 0 Å². The molecule has 94 valence electrons. The number of piperidine rings is 1. The molecular formula is C14H21BrN2. The van der Waals surface area contributed by atoms with Crippen LogP contribution in [0.2, 0.25) is 0 Å². The molecule has 0 saturated carbocycles. The molecule has 1 fully saturated rings. The molecule has 0 amide bonds. The number of nitrogens with zero attached hydrogens (tertiary/aromatic N) is 2. The molecular weight excluding hydrogens is 276 g/mol. The summed E-state index contributed by atoms with van der Waals surface area (Å²) < 4.78 is 1.15. The number of halogens is 1. The van der Waals surface area contributed by atoms with Gasteiger partial charge in [0.2, 0.25) is 0 Å². The summed E-state index contributed by atoms with van der Waals surface area (Å²) in [4.78, 5) is 6.93. The van der Waals surface area contributed by atoms with Crippen molar-refractivity contribution in [2.24, 2.45) is 5.41 Å². The third-order valence-corrected chi connectivity index (χ3v) is 5.17. The smallest absolute Gasteiger partial charge is 0.143 e. The highest BCUT2D eigenvalue weighted by Gasteiger charge is 2.29. The fourth-order valence-corrected chi connectivity index (χ4v) is 2.84. The Labute approximate surface area is 113 Å². The molecule has 1 aromatic heterocycles. The van der Waals surface area contributed by atoms with Crippen molar-refractivity contribution in [3.63, 3.8) is 0 Å². The summed E-state index contributed by atoms with van der Waals surface area (Å²) in [5.74, 6) is 1.11. The lowest BCUT2D eigenvalue weighted by Gasteiger charge is -2.39. The highest BCUT2D eigenvalue weighted by Crippen LogP contribution is 2.37. The summed E-state index contributed by atoms with van der Waals surface area (Å²) in [6.45, 7) is 9.08. The van der Waals surface area contributed by atoms with Crippen LogP contribution < -0.4 is 4.90 Å². The van der Waals surface area contributed by atoms with Gasteiger partial charge in [-0.3, -0.25) is 0 Å². The minimum absolute atomic E-state index is 0.535. The molecule has 17 heavy (non-hydrogen) atoms. The lowest BCUT2D eigenvalue weighted by atomic mass is 9.78. The topological polar surface area (TPSA) is 16.1 Å². The number of aromatic nitrogens is 1. The van der Waals surface area contributed by atoms with E-state index >= 15 is 0 Å². The van der Waals surface area contributed by atoms with Crippen LogP contribution in [0.3, 0.4) is 0 Å². The van der Waals surface area contributed by atoms with Gasteiger partial charge in [0.1, 0.15) is 5.82 Å². The molecule has 0 atom stereocenters. The quantitative estimate of drug-likeness (QED) is 0.814. The molecule has 2 heterocycles. The molecule has 0 aliphatic carbocycles. The largest absolute Gasteiger partial charge is 0.356 e. The zero-order chi connectivity index (χ0) is 12.5. The minimum Gasteiger partial charge on any atom is -0.356 e. The maximum Gasteiger partial charge on any atom is 0.143 e. The van der Waals surface area contributed by atoms with Gasteiger partial charge in [0.25, 0.3) is 0 Å². The van der Waals surface area contributed by atoms with E-state index < -0.39 is 0 Å². The van der Waals surface area contributed by atoms with Crippen LogP contribution in [-0.4, -0.2) is 18.1 Å². The van der Waals surface area contributed by atoms with Gasteiger partial charge in [-0.15, -0.1) is 0 Å². The lowest BCUT2D eigenvalue weighted by Crippen LogP contribution is -2.39. The first-order chi connectivity index (χ1) is 8.06. The summed E-state index contributed by atoms with van der Waals surface area (Å²) in [6.07, 6.45) is 5.73. The Morgan fingerprint density at radius 2 is 2.06 bits per heavy atom. The van der Waals surface area contributed by atoms with Gasteiger partial charge in [0.05, 0.1) is 4.47 Å². The highest BCUT2D eigenvalue weighted by molar-refractivity contribution is 9.10.